The van der Waals surface area contributed by atoms with Crippen LogP contribution in [0.4, 0.5) is 0 Å². The van der Waals surface area contributed by atoms with Gasteiger partial charge in [-0.2, -0.15) is 0 Å². The second kappa shape index (κ2) is 9.83. The standard InChI is InChI=1S/C22H30O5/c1-4-6-7-8-14(3)19(23)10-9-17-18-12-16(11-15(18)13-20(17)24)21(22(25)26)27-5-2/h14-15,17-20,23-24H,4-5,8,11-13H2,1-3H3,(H,25,26)/b21-16-. The Morgan fingerprint density at radius 2 is 2.04 bits per heavy atom. The van der Waals surface area contributed by atoms with E-state index in [1.807, 2.05) is 13.8 Å². The Kier molecular flexibility index (Phi) is 7.78. The maximum absolute atomic E-state index is 11.4. The molecule has 3 N–H and O–H groups in total. The molecule has 2 fully saturated rings. The summed E-state index contributed by atoms with van der Waals surface area (Å²) in [5.41, 5.74) is 0.807. The van der Waals surface area contributed by atoms with Gasteiger partial charge >= 0.3 is 5.97 Å². The summed E-state index contributed by atoms with van der Waals surface area (Å²) in [6.45, 7) is 5.98. The molecule has 0 aromatic heterocycles. The lowest BCUT2D eigenvalue weighted by Gasteiger charge is -2.16. The predicted molar refractivity (Wildman–Crippen MR) is 102 cm³/mol. The summed E-state index contributed by atoms with van der Waals surface area (Å²) in [6, 6.07) is 0. The highest BCUT2D eigenvalue weighted by atomic mass is 16.5. The number of allylic oxidation sites excluding steroid dienone is 1. The summed E-state index contributed by atoms with van der Waals surface area (Å²) in [6.07, 6.45) is 1.89. The highest BCUT2D eigenvalue weighted by Crippen LogP contribution is 2.50. The molecule has 2 rings (SSSR count). The van der Waals surface area contributed by atoms with E-state index in [1.165, 1.54) is 0 Å². The lowest BCUT2D eigenvalue weighted by molar-refractivity contribution is -0.136. The molecule has 148 valence electrons. The van der Waals surface area contributed by atoms with E-state index in [1.54, 1.807) is 6.92 Å². The van der Waals surface area contributed by atoms with Gasteiger partial charge in [-0.3, -0.25) is 0 Å². The van der Waals surface area contributed by atoms with Crippen molar-refractivity contribution in [2.24, 2.45) is 23.7 Å². The normalized spacial score (nSPS) is 30.3. The molecule has 0 aromatic rings. The van der Waals surface area contributed by atoms with Crippen molar-refractivity contribution >= 4 is 5.97 Å². The Hall–Kier alpha value is -1.95. The third kappa shape index (κ3) is 5.28. The molecule has 0 bridgehead atoms. The predicted octanol–water partition coefficient (Wildman–Crippen LogP) is 2.57. The zero-order valence-corrected chi connectivity index (χ0v) is 16.4. The van der Waals surface area contributed by atoms with Gasteiger partial charge in [0, 0.05) is 24.7 Å². The summed E-state index contributed by atoms with van der Waals surface area (Å²) in [7, 11) is 0. The molecule has 5 nitrogen and oxygen atoms in total. The van der Waals surface area contributed by atoms with E-state index < -0.39 is 18.2 Å². The van der Waals surface area contributed by atoms with Crippen LogP contribution >= 0.6 is 0 Å². The Morgan fingerprint density at radius 3 is 2.67 bits per heavy atom. The van der Waals surface area contributed by atoms with E-state index in [0.717, 1.165) is 12.0 Å². The average Bonchev–Trinajstić information content (AvgIpc) is 3.14. The number of ether oxygens (including phenoxy) is 1. The second-order valence-electron chi connectivity index (χ2n) is 7.45. The molecular weight excluding hydrogens is 344 g/mol. The number of carboxylic acid groups (broad SMARTS) is 1. The summed E-state index contributed by atoms with van der Waals surface area (Å²) >= 11 is 0. The topological polar surface area (TPSA) is 87.0 Å². The number of hydrogen-bond donors (Lipinski definition) is 3. The first kappa shape index (κ1) is 21.4. The minimum absolute atomic E-state index is 0.0521. The van der Waals surface area contributed by atoms with E-state index in [-0.39, 0.29) is 29.4 Å². The van der Waals surface area contributed by atoms with Gasteiger partial charge in [-0.25, -0.2) is 4.79 Å². The van der Waals surface area contributed by atoms with Crippen molar-refractivity contribution in [2.45, 2.75) is 65.1 Å². The number of aliphatic carboxylic acids is 1. The van der Waals surface area contributed by atoms with Crippen LogP contribution in [0, 0.1) is 47.4 Å². The summed E-state index contributed by atoms with van der Waals surface area (Å²) in [5, 5.41) is 30.0. The SMILES string of the molecule is CCC#CCC(C)C(O)C#CC1C(O)CC2C/C(=C(/OCC)C(=O)O)CC21. The van der Waals surface area contributed by atoms with Crippen LogP contribution in [-0.4, -0.2) is 40.1 Å². The van der Waals surface area contributed by atoms with Gasteiger partial charge in [0.2, 0.25) is 5.76 Å². The van der Waals surface area contributed by atoms with Crippen LogP contribution in [0.25, 0.3) is 0 Å². The lowest BCUT2D eigenvalue weighted by Crippen LogP contribution is -2.20. The minimum atomic E-state index is -1.03. The molecule has 2 saturated carbocycles. The van der Waals surface area contributed by atoms with Crippen LogP contribution in [0.5, 0.6) is 0 Å². The van der Waals surface area contributed by atoms with Gasteiger partial charge in [-0.15, -0.1) is 11.8 Å². The molecule has 6 unspecified atom stereocenters. The molecule has 0 heterocycles. The fraction of sp³-hybridized carbons (Fsp3) is 0.682. The summed E-state index contributed by atoms with van der Waals surface area (Å²) in [5.74, 6) is 11.1. The van der Waals surface area contributed by atoms with Crippen LogP contribution in [0.15, 0.2) is 11.3 Å². The van der Waals surface area contributed by atoms with E-state index >= 15 is 0 Å². The molecule has 0 aliphatic heterocycles. The summed E-state index contributed by atoms with van der Waals surface area (Å²) < 4.78 is 5.32. The zero-order chi connectivity index (χ0) is 20.0. The Bertz CT molecular complexity index is 687. The van der Waals surface area contributed by atoms with Crippen LogP contribution in [0.3, 0.4) is 0 Å². The largest absolute Gasteiger partial charge is 0.487 e. The van der Waals surface area contributed by atoms with E-state index in [0.29, 0.717) is 32.3 Å². The smallest absolute Gasteiger partial charge is 0.371 e. The Balaban J connectivity index is 2.09. The molecule has 0 saturated heterocycles. The minimum Gasteiger partial charge on any atom is -0.487 e. The van der Waals surface area contributed by atoms with Gasteiger partial charge in [0.25, 0.3) is 0 Å². The number of hydrogen-bond acceptors (Lipinski definition) is 4. The maximum atomic E-state index is 11.4. The van der Waals surface area contributed by atoms with Gasteiger partial charge in [0.05, 0.1) is 12.7 Å². The van der Waals surface area contributed by atoms with Gasteiger partial charge in [0.1, 0.15) is 6.10 Å². The van der Waals surface area contributed by atoms with Crippen molar-refractivity contribution in [1.29, 1.82) is 0 Å². The Labute approximate surface area is 161 Å². The quantitative estimate of drug-likeness (QED) is 0.391. The van der Waals surface area contributed by atoms with Crippen molar-refractivity contribution in [3.63, 3.8) is 0 Å². The fourth-order valence-electron chi connectivity index (χ4n) is 4.06. The number of carbonyl (C=O) groups is 1. The van der Waals surface area contributed by atoms with Crippen molar-refractivity contribution < 1.29 is 24.9 Å². The first-order valence-corrected chi connectivity index (χ1v) is 9.79. The van der Waals surface area contributed by atoms with Crippen LogP contribution in [0.1, 0.15) is 52.9 Å². The van der Waals surface area contributed by atoms with Crippen molar-refractivity contribution in [3.8, 4) is 23.7 Å². The summed E-state index contributed by atoms with van der Waals surface area (Å²) in [4.78, 5) is 11.4. The lowest BCUT2D eigenvalue weighted by atomic mass is 9.90. The molecule has 6 atom stereocenters. The van der Waals surface area contributed by atoms with Gasteiger partial charge in [0.15, 0.2) is 0 Å². The molecule has 0 aromatic carbocycles. The van der Waals surface area contributed by atoms with E-state index in [4.69, 9.17) is 4.74 Å². The molecule has 2 aliphatic carbocycles. The van der Waals surface area contributed by atoms with Crippen LogP contribution < -0.4 is 0 Å². The highest BCUT2D eigenvalue weighted by molar-refractivity contribution is 5.85. The van der Waals surface area contributed by atoms with Crippen LogP contribution in [-0.2, 0) is 9.53 Å². The van der Waals surface area contributed by atoms with Crippen molar-refractivity contribution in [3.05, 3.63) is 11.3 Å². The first-order valence-electron chi connectivity index (χ1n) is 9.79. The number of fused-ring (bicyclic) bond motifs is 1. The van der Waals surface area contributed by atoms with Gasteiger partial charge in [-0.05, 0) is 43.6 Å². The number of carboxylic acids is 1. The average molecular weight is 374 g/mol. The third-order valence-electron chi connectivity index (χ3n) is 5.48. The molecule has 0 spiro atoms. The van der Waals surface area contributed by atoms with Crippen molar-refractivity contribution in [2.75, 3.05) is 6.61 Å². The molecule has 27 heavy (non-hydrogen) atoms. The number of rotatable bonds is 5. The van der Waals surface area contributed by atoms with E-state index in [9.17, 15) is 20.1 Å². The number of aliphatic hydroxyl groups is 2. The molecule has 0 radical (unpaired) electrons. The fourth-order valence-corrected chi connectivity index (χ4v) is 4.06. The molecular formula is C22H30O5. The van der Waals surface area contributed by atoms with Crippen molar-refractivity contribution in [1.82, 2.24) is 0 Å². The highest BCUT2D eigenvalue weighted by Gasteiger charge is 2.47. The zero-order valence-electron chi connectivity index (χ0n) is 16.4. The molecule has 2 aliphatic rings. The van der Waals surface area contributed by atoms with Gasteiger partial charge < -0.3 is 20.1 Å². The monoisotopic (exact) mass is 374 g/mol. The maximum Gasteiger partial charge on any atom is 0.371 e. The number of aliphatic hydroxyl groups excluding tert-OH is 2. The van der Waals surface area contributed by atoms with Gasteiger partial charge in [-0.1, -0.05) is 25.7 Å². The first-order chi connectivity index (χ1) is 12.9. The van der Waals surface area contributed by atoms with Crippen LogP contribution in [0.2, 0.25) is 0 Å². The Morgan fingerprint density at radius 1 is 1.30 bits per heavy atom. The third-order valence-corrected chi connectivity index (χ3v) is 5.48. The molecule has 0 amide bonds. The van der Waals surface area contributed by atoms with E-state index in [2.05, 4.69) is 23.7 Å². The molecule has 5 heteroatoms. The second-order valence-corrected chi connectivity index (χ2v) is 7.45.